The minimum absolute atomic E-state index is 0.0633. The first kappa shape index (κ1) is 16.3. The molecule has 0 heterocycles. The summed E-state index contributed by atoms with van der Waals surface area (Å²) in [5.41, 5.74) is 0.941. The SMILES string of the molecule is CCNc1ccc(S(=O)(=O)NC2CCC(CC)C2C)cc1. The van der Waals surface area contributed by atoms with E-state index in [1.165, 1.54) is 0 Å². The van der Waals surface area contributed by atoms with Crippen LogP contribution in [0.2, 0.25) is 0 Å². The third-order valence-electron chi connectivity index (χ3n) is 4.60. The Labute approximate surface area is 128 Å². The topological polar surface area (TPSA) is 58.2 Å². The van der Waals surface area contributed by atoms with Crippen LogP contribution in [0.25, 0.3) is 0 Å². The number of rotatable bonds is 6. The zero-order chi connectivity index (χ0) is 15.5. The van der Waals surface area contributed by atoms with Gasteiger partial charge in [-0.05, 0) is 55.9 Å². The van der Waals surface area contributed by atoms with Gasteiger partial charge in [-0.15, -0.1) is 0 Å². The van der Waals surface area contributed by atoms with E-state index in [0.717, 1.165) is 31.5 Å². The van der Waals surface area contributed by atoms with Crippen LogP contribution in [0, 0.1) is 11.8 Å². The molecule has 0 saturated heterocycles. The Morgan fingerprint density at radius 1 is 1.14 bits per heavy atom. The third-order valence-corrected chi connectivity index (χ3v) is 6.11. The molecule has 1 fully saturated rings. The summed E-state index contributed by atoms with van der Waals surface area (Å²) in [6, 6.07) is 7.01. The van der Waals surface area contributed by atoms with E-state index < -0.39 is 10.0 Å². The monoisotopic (exact) mass is 310 g/mol. The molecule has 0 bridgehead atoms. The van der Waals surface area contributed by atoms with Crippen LogP contribution in [0.4, 0.5) is 5.69 Å². The number of nitrogens with one attached hydrogen (secondary N) is 2. The van der Waals surface area contributed by atoms with Crippen molar-refractivity contribution in [3.63, 3.8) is 0 Å². The van der Waals surface area contributed by atoms with Crippen LogP contribution < -0.4 is 10.0 Å². The van der Waals surface area contributed by atoms with Crippen molar-refractivity contribution in [3.05, 3.63) is 24.3 Å². The number of sulfonamides is 1. The van der Waals surface area contributed by atoms with Gasteiger partial charge in [-0.25, -0.2) is 13.1 Å². The largest absolute Gasteiger partial charge is 0.385 e. The molecule has 21 heavy (non-hydrogen) atoms. The van der Waals surface area contributed by atoms with E-state index in [1.807, 2.05) is 19.1 Å². The van der Waals surface area contributed by atoms with E-state index in [1.54, 1.807) is 12.1 Å². The van der Waals surface area contributed by atoms with Gasteiger partial charge >= 0.3 is 0 Å². The Morgan fingerprint density at radius 2 is 1.81 bits per heavy atom. The van der Waals surface area contributed by atoms with Gasteiger partial charge in [-0.1, -0.05) is 20.3 Å². The number of hydrogen-bond donors (Lipinski definition) is 2. The normalized spacial score (nSPS) is 26.0. The second-order valence-corrected chi connectivity index (χ2v) is 7.60. The summed E-state index contributed by atoms with van der Waals surface area (Å²) in [7, 11) is -3.42. The predicted molar refractivity (Wildman–Crippen MR) is 86.9 cm³/mol. The highest BCUT2D eigenvalue weighted by Crippen LogP contribution is 2.34. The molecule has 3 unspecified atom stereocenters. The molecule has 4 nitrogen and oxygen atoms in total. The van der Waals surface area contributed by atoms with Crippen molar-refractivity contribution in [2.24, 2.45) is 11.8 Å². The van der Waals surface area contributed by atoms with Gasteiger partial charge in [-0.3, -0.25) is 0 Å². The number of hydrogen-bond acceptors (Lipinski definition) is 3. The summed E-state index contributed by atoms with van der Waals surface area (Å²) in [6.07, 6.45) is 3.18. The molecule has 2 N–H and O–H groups in total. The fourth-order valence-corrected chi connectivity index (χ4v) is 4.58. The quantitative estimate of drug-likeness (QED) is 0.848. The average Bonchev–Trinajstić information content (AvgIpc) is 2.80. The smallest absolute Gasteiger partial charge is 0.240 e. The van der Waals surface area contributed by atoms with Crippen LogP contribution in [-0.2, 0) is 10.0 Å². The number of benzene rings is 1. The van der Waals surface area contributed by atoms with Crippen molar-refractivity contribution < 1.29 is 8.42 Å². The zero-order valence-corrected chi connectivity index (χ0v) is 13.9. The summed E-state index contributed by atoms with van der Waals surface area (Å²) < 4.78 is 27.8. The standard InChI is InChI=1S/C16H26N2O2S/c1-4-13-6-11-16(12(13)3)18-21(19,20)15-9-7-14(8-10-15)17-5-2/h7-10,12-13,16-18H,4-6,11H2,1-3H3. The van der Waals surface area contributed by atoms with Gasteiger partial charge in [0.2, 0.25) is 10.0 Å². The minimum Gasteiger partial charge on any atom is -0.385 e. The van der Waals surface area contributed by atoms with Crippen molar-refractivity contribution in [2.45, 2.75) is 51.0 Å². The Bertz CT molecular complexity index is 554. The number of anilines is 1. The van der Waals surface area contributed by atoms with Crippen LogP contribution in [0.15, 0.2) is 29.2 Å². The minimum atomic E-state index is -3.42. The summed E-state index contributed by atoms with van der Waals surface area (Å²) in [5.74, 6) is 1.04. The maximum absolute atomic E-state index is 12.5. The fourth-order valence-electron chi connectivity index (χ4n) is 3.21. The molecule has 0 amide bonds. The highest BCUT2D eigenvalue weighted by atomic mass is 32.2. The molecule has 0 aliphatic heterocycles. The molecule has 5 heteroatoms. The molecule has 1 aromatic rings. The van der Waals surface area contributed by atoms with Gasteiger partial charge in [0.15, 0.2) is 0 Å². The van der Waals surface area contributed by atoms with Crippen molar-refractivity contribution in [2.75, 3.05) is 11.9 Å². The summed E-state index contributed by atoms with van der Waals surface area (Å²) in [6.45, 7) is 7.17. The molecule has 118 valence electrons. The third kappa shape index (κ3) is 3.77. The predicted octanol–water partition coefficient (Wildman–Crippen LogP) is 3.22. The van der Waals surface area contributed by atoms with E-state index in [2.05, 4.69) is 23.9 Å². The lowest BCUT2D eigenvalue weighted by Crippen LogP contribution is -2.37. The molecule has 0 spiro atoms. The summed E-state index contributed by atoms with van der Waals surface area (Å²) in [5, 5.41) is 3.16. The van der Waals surface area contributed by atoms with Gasteiger partial charge in [0.05, 0.1) is 4.90 Å². The highest BCUT2D eigenvalue weighted by Gasteiger charge is 2.34. The zero-order valence-electron chi connectivity index (χ0n) is 13.1. The average molecular weight is 310 g/mol. The summed E-state index contributed by atoms with van der Waals surface area (Å²) >= 11 is 0. The fraction of sp³-hybridized carbons (Fsp3) is 0.625. The van der Waals surface area contributed by atoms with Crippen LogP contribution in [0.5, 0.6) is 0 Å². The van der Waals surface area contributed by atoms with E-state index in [-0.39, 0.29) is 6.04 Å². The van der Waals surface area contributed by atoms with Gasteiger partial charge < -0.3 is 5.32 Å². The molecule has 3 atom stereocenters. The van der Waals surface area contributed by atoms with Crippen molar-refractivity contribution in [3.8, 4) is 0 Å². The molecule has 0 aromatic heterocycles. The van der Waals surface area contributed by atoms with Gasteiger partial charge in [-0.2, -0.15) is 0 Å². The van der Waals surface area contributed by atoms with Crippen LogP contribution in [0.1, 0.15) is 40.0 Å². The van der Waals surface area contributed by atoms with Crippen LogP contribution >= 0.6 is 0 Å². The molecule has 1 aliphatic carbocycles. The first-order valence-electron chi connectivity index (χ1n) is 7.84. The van der Waals surface area contributed by atoms with Gasteiger partial charge in [0, 0.05) is 18.3 Å². The van der Waals surface area contributed by atoms with E-state index >= 15 is 0 Å². The molecule has 1 aromatic carbocycles. The Kier molecular flexibility index (Phi) is 5.27. The maximum Gasteiger partial charge on any atom is 0.240 e. The molecular weight excluding hydrogens is 284 g/mol. The lowest BCUT2D eigenvalue weighted by Gasteiger charge is -2.21. The van der Waals surface area contributed by atoms with Crippen molar-refractivity contribution in [1.82, 2.24) is 4.72 Å². The molecular formula is C16H26N2O2S. The van der Waals surface area contributed by atoms with Crippen molar-refractivity contribution >= 4 is 15.7 Å². The van der Waals surface area contributed by atoms with E-state index in [0.29, 0.717) is 16.7 Å². The van der Waals surface area contributed by atoms with E-state index in [4.69, 9.17) is 0 Å². The second-order valence-electron chi connectivity index (χ2n) is 5.89. The summed E-state index contributed by atoms with van der Waals surface area (Å²) in [4.78, 5) is 0.344. The van der Waals surface area contributed by atoms with Crippen LogP contribution in [-0.4, -0.2) is 21.0 Å². The Balaban J connectivity index is 2.08. The Hall–Kier alpha value is -1.07. The first-order valence-corrected chi connectivity index (χ1v) is 9.32. The maximum atomic E-state index is 12.5. The van der Waals surface area contributed by atoms with Gasteiger partial charge in [0.1, 0.15) is 0 Å². The lowest BCUT2D eigenvalue weighted by atomic mass is 9.94. The Morgan fingerprint density at radius 3 is 2.33 bits per heavy atom. The van der Waals surface area contributed by atoms with E-state index in [9.17, 15) is 8.42 Å². The molecule has 2 rings (SSSR count). The second kappa shape index (κ2) is 6.79. The van der Waals surface area contributed by atoms with Crippen LogP contribution in [0.3, 0.4) is 0 Å². The molecule has 0 radical (unpaired) electrons. The molecule has 1 saturated carbocycles. The highest BCUT2D eigenvalue weighted by molar-refractivity contribution is 7.89. The lowest BCUT2D eigenvalue weighted by molar-refractivity contribution is 0.368. The first-order chi connectivity index (χ1) is 9.97. The molecule has 1 aliphatic rings. The van der Waals surface area contributed by atoms with Gasteiger partial charge in [0.25, 0.3) is 0 Å². The van der Waals surface area contributed by atoms with Crippen molar-refractivity contribution in [1.29, 1.82) is 0 Å².